The van der Waals surface area contributed by atoms with Crippen molar-refractivity contribution in [1.82, 2.24) is 20.2 Å². The van der Waals surface area contributed by atoms with Crippen LogP contribution < -0.4 is 10.2 Å². The molecule has 3 saturated heterocycles. The van der Waals surface area contributed by atoms with E-state index >= 15 is 0 Å². The number of anilines is 1. The molecule has 1 aromatic rings. The predicted molar refractivity (Wildman–Crippen MR) is 98.0 cm³/mol. The Kier molecular flexibility index (Phi) is 4.54. The monoisotopic (exact) mass is 357 g/mol. The van der Waals surface area contributed by atoms with Gasteiger partial charge in [0.2, 0.25) is 11.9 Å². The quantitative estimate of drug-likeness (QED) is 0.868. The molecule has 0 aliphatic carbocycles. The normalized spacial score (nSPS) is 26.3. The van der Waals surface area contributed by atoms with E-state index < -0.39 is 5.41 Å². The Morgan fingerprint density at radius 2 is 1.96 bits per heavy atom. The Morgan fingerprint density at radius 1 is 1.15 bits per heavy atom. The third-order valence-corrected chi connectivity index (χ3v) is 6.08. The van der Waals surface area contributed by atoms with Gasteiger partial charge in [0.25, 0.3) is 5.91 Å². The van der Waals surface area contributed by atoms with Crippen molar-refractivity contribution in [2.75, 3.05) is 37.6 Å². The highest BCUT2D eigenvalue weighted by Gasteiger charge is 2.47. The van der Waals surface area contributed by atoms with Crippen molar-refractivity contribution >= 4 is 17.8 Å². The summed E-state index contributed by atoms with van der Waals surface area (Å²) in [6.07, 6.45) is 7.86. The first kappa shape index (κ1) is 17.2. The summed E-state index contributed by atoms with van der Waals surface area (Å²) >= 11 is 0. The van der Waals surface area contributed by atoms with E-state index in [1.807, 2.05) is 6.92 Å². The van der Waals surface area contributed by atoms with Crippen molar-refractivity contribution in [2.24, 2.45) is 5.41 Å². The minimum Gasteiger partial charge on any atom is -0.356 e. The van der Waals surface area contributed by atoms with E-state index in [1.165, 1.54) is 19.3 Å². The van der Waals surface area contributed by atoms with Gasteiger partial charge in [-0.2, -0.15) is 0 Å². The number of nitrogens with one attached hydrogen (secondary N) is 1. The molecule has 4 rings (SSSR count). The summed E-state index contributed by atoms with van der Waals surface area (Å²) in [4.78, 5) is 38.4. The molecule has 0 bridgehead atoms. The first-order chi connectivity index (χ1) is 12.6. The molecule has 1 atom stereocenters. The van der Waals surface area contributed by atoms with Crippen LogP contribution in [0.25, 0.3) is 0 Å². The van der Waals surface area contributed by atoms with Crippen molar-refractivity contribution < 1.29 is 9.59 Å². The van der Waals surface area contributed by atoms with E-state index in [9.17, 15) is 9.59 Å². The first-order valence-electron chi connectivity index (χ1n) is 9.75. The molecule has 3 aliphatic rings. The van der Waals surface area contributed by atoms with Crippen LogP contribution in [0, 0.1) is 12.3 Å². The van der Waals surface area contributed by atoms with E-state index in [1.54, 1.807) is 11.1 Å². The fourth-order valence-electron chi connectivity index (χ4n) is 4.45. The third kappa shape index (κ3) is 3.04. The number of hydrogen-bond donors (Lipinski definition) is 1. The molecule has 3 fully saturated rings. The maximum atomic E-state index is 13.0. The zero-order valence-corrected chi connectivity index (χ0v) is 15.5. The molecule has 7 nitrogen and oxygen atoms in total. The molecule has 0 aromatic carbocycles. The largest absolute Gasteiger partial charge is 0.356 e. The number of likely N-dealkylation sites (tertiary alicyclic amines) is 1. The lowest BCUT2D eigenvalue weighted by atomic mass is 9.79. The summed E-state index contributed by atoms with van der Waals surface area (Å²) in [5.74, 6) is 0.777. The van der Waals surface area contributed by atoms with Gasteiger partial charge in [0.05, 0.1) is 16.7 Å². The average molecular weight is 357 g/mol. The number of amides is 2. The number of aryl methyl sites for hydroxylation is 1. The minimum atomic E-state index is -0.392. The molecular weight excluding hydrogens is 330 g/mol. The van der Waals surface area contributed by atoms with Crippen LogP contribution >= 0.6 is 0 Å². The van der Waals surface area contributed by atoms with Gasteiger partial charge >= 0.3 is 0 Å². The molecule has 1 spiro atoms. The van der Waals surface area contributed by atoms with Gasteiger partial charge in [-0.3, -0.25) is 9.59 Å². The van der Waals surface area contributed by atoms with Crippen LogP contribution in [0.2, 0.25) is 0 Å². The van der Waals surface area contributed by atoms with Crippen LogP contribution in [0.3, 0.4) is 0 Å². The number of piperidine rings is 2. The fraction of sp³-hybridized carbons (Fsp3) is 0.684. The predicted octanol–water partition coefficient (Wildman–Crippen LogP) is 1.52. The van der Waals surface area contributed by atoms with Crippen LogP contribution in [0.15, 0.2) is 6.20 Å². The van der Waals surface area contributed by atoms with Gasteiger partial charge in [0.1, 0.15) is 0 Å². The van der Waals surface area contributed by atoms with E-state index in [0.29, 0.717) is 18.7 Å². The summed E-state index contributed by atoms with van der Waals surface area (Å²) in [5, 5.41) is 2.96. The molecule has 0 unspecified atom stereocenters. The highest BCUT2D eigenvalue weighted by Crippen LogP contribution is 2.38. The Hall–Kier alpha value is -2.18. The van der Waals surface area contributed by atoms with Gasteiger partial charge < -0.3 is 15.1 Å². The van der Waals surface area contributed by atoms with E-state index in [2.05, 4.69) is 20.2 Å². The van der Waals surface area contributed by atoms with Gasteiger partial charge in [-0.15, -0.1) is 0 Å². The third-order valence-electron chi connectivity index (χ3n) is 6.08. The number of nitrogens with zero attached hydrogens (tertiary/aromatic N) is 4. The summed E-state index contributed by atoms with van der Waals surface area (Å²) in [7, 11) is 0. The van der Waals surface area contributed by atoms with Gasteiger partial charge in [0.15, 0.2) is 0 Å². The summed E-state index contributed by atoms with van der Waals surface area (Å²) in [6, 6.07) is 0. The van der Waals surface area contributed by atoms with Crippen LogP contribution in [-0.4, -0.2) is 59.4 Å². The molecule has 4 heterocycles. The second kappa shape index (κ2) is 6.85. The van der Waals surface area contributed by atoms with E-state index in [0.717, 1.165) is 50.5 Å². The summed E-state index contributed by atoms with van der Waals surface area (Å²) in [6.45, 7) is 5.72. The average Bonchev–Trinajstić information content (AvgIpc) is 3.09. The Balaban J connectivity index is 1.49. The zero-order chi connectivity index (χ0) is 18.1. The summed E-state index contributed by atoms with van der Waals surface area (Å²) in [5.41, 5.74) is 0.884. The van der Waals surface area contributed by atoms with Gasteiger partial charge in [-0.25, -0.2) is 9.97 Å². The number of rotatable bonds is 2. The maximum Gasteiger partial charge on any atom is 0.257 e. The van der Waals surface area contributed by atoms with Crippen LogP contribution in [0.1, 0.15) is 54.6 Å². The second-order valence-electron chi connectivity index (χ2n) is 7.83. The summed E-state index contributed by atoms with van der Waals surface area (Å²) < 4.78 is 0. The lowest BCUT2D eigenvalue weighted by Gasteiger charge is -2.32. The Morgan fingerprint density at radius 3 is 2.69 bits per heavy atom. The fourth-order valence-corrected chi connectivity index (χ4v) is 4.45. The Labute approximate surface area is 154 Å². The smallest absolute Gasteiger partial charge is 0.257 e. The van der Waals surface area contributed by atoms with Crippen LogP contribution in [-0.2, 0) is 4.79 Å². The van der Waals surface area contributed by atoms with Crippen molar-refractivity contribution in [3.8, 4) is 0 Å². The number of carbonyl (C=O) groups excluding carboxylic acids is 2. The highest BCUT2D eigenvalue weighted by atomic mass is 16.2. The SMILES string of the molecule is Cc1nc(N2CCCCC2)ncc1C(=O)N1CC[C@@]2(CCCNC2=O)C1. The maximum absolute atomic E-state index is 13.0. The molecule has 1 N–H and O–H groups in total. The van der Waals surface area contributed by atoms with Gasteiger partial charge in [-0.05, 0) is 45.4 Å². The highest BCUT2D eigenvalue weighted by molar-refractivity contribution is 5.96. The Bertz CT molecular complexity index is 716. The zero-order valence-electron chi connectivity index (χ0n) is 15.5. The minimum absolute atomic E-state index is 0.0528. The molecular formula is C19H27N5O2. The lowest BCUT2D eigenvalue weighted by molar-refractivity contribution is -0.132. The van der Waals surface area contributed by atoms with E-state index in [4.69, 9.17) is 0 Å². The molecule has 0 saturated carbocycles. The van der Waals surface area contributed by atoms with Crippen molar-refractivity contribution in [2.45, 2.75) is 45.4 Å². The molecule has 1 aromatic heterocycles. The molecule has 140 valence electrons. The van der Waals surface area contributed by atoms with Crippen LogP contribution in [0.4, 0.5) is 5.95 Å². The lowest BCUT2D eigenvalue weighted by Crippen LogP contribution is -2.47. The van der Waals surface area contributed by atoms with Crippen molar-refractivity contribution in [3.05, 3.63) is 17.5 Å². The van der Waals surface area contributed by atoms with Gasteiger partial charge in [-0.1, -0.05) is 0 Å². The van der Waals surface area contributed by atoms with Crippen molar-refractivity contribution in [3.63, 3.8) is 0 Å². The number of carbonyl (C=O) groups is 2. The molecule has 7 heteroatoms. The standard InChI is InChI=1S/C19H27N5O2/c1-14-15(12-21-18(22-14)23-9-3-2-4-10-23)16(25)24-11-7-19(13-24)6-5-8-20-17(19)26/h12H,2-11,13H2,1H3,(H,20,26)/t19-/m0/s1. The number of aromatic nitrogens is 2. The number of hydrogen-bond acceptors (Lipinski definition) is 5. The van der Waals surface area contributed by atoms with Crippen molar-refractivity contribution in [1.29, 1.82) is 0 Å². The van der Waals surface area contributed by atoms with E-state index in [-0.39, 0.29) is 11.8 Å². The van der Waals surface area contributed by atoms with Gasteiger partial charge in [0, 0.05) is 38.9 Å². The first-order valence-corrected chi connectivity index (χ1v) is 9.75. The molecule has 2 amide bonds. The molecule has 3 aliphatic heterocycles. The van der Waals surface area contributed by atoms with Crippen LogP contribution in [0.5, 0.6) is 0 Å². The topological polar surface area (TPSA) is 78.4 Å². The molecule has 26 heavy (non-hydrogen) atoms. The second-order valence-corrected chi connectivity index (χ2v) is 7.83. The molecule has 0 radical (unpaired) electrons.